The number of Topliss-reactive ketones (excluding diaryl/α,β-unsaturated/α-hetero) is 1. The Balaban J connectivity index is 1.57. The third-order valence-corrected chi connectivity index (χ3v) is 4.75. The molecule has 5 heteroatoms. The van der Waals surface area contributed by atoms with Crippen LogP contribution < -0.4 is 4.74 Å². The summed E-state index contributed by atoms with van der Waals surface area (Å²) in [4.78, 5) is 25.6. The van der Waals surface area contributed by atoms with Gasteiger partial charge in [-0.2, -0.15) is 11.3 Å². The molecule has 0 bridgehead atoms. The third-order valence-electron chi connectivity index (χ3n) is 4.01. The Bertz CT molecular complexity index is 709. The molecule has 1 aliphatic rings. The van der Waals surface area contributed by atoms with Crippen LogP contribution in [0.2, 0.25) is 0 Å². The highest BCUT2D eigenvalue weighted by Gasteiger charge is 2.18. The number of ketones is 1. The quantitative estimate of drug-likeness (QED) is 0.845. The molecule has 120 valence electrons. The van der Waals surface area contributed by atoms with Gasteiger partial charge in [-0.25, -0.2) is 0 Å². The van der Waals surface area contributed by atoms with E-state index in [9.17, 15) is 9.59 Å². The van der Waals surface area contributed by atoms with Gasteiger partial charge in [-0.05, 0) is 59.0 Å². The summed E-state index contributed by atoms with van der Waals surface area (Å²) in [5, 5.41) is 4.03. The van der Waals surface area contributed by atoms with Crippen LogP contribution >= 0.6 is 11.3 Å². The highest BCUT2D eigenvalue weighted by Crippen LogP contribution is 2.25. The van der Waals surface area contributed by atoms with Crippen LogP contribution in [0.5, 0.6) is 5.75 Å². The molecule has 23 heavy (non-hydrogen) atoms. The molecule has 0 spiro atoms. The van der Waals surface area contributed by atoms with E-state index in [1.54, 1.807) is 29.4 Å². The van der Waals surface area contributed by atoms with E-state index in [-0.39, 0.29) is 18.3 Å². The van der Waals surface area contributed by atoms with Gasteiger partial charge in [-0.1, -0.05) is 0 Å². The molecule has 4 nitrogen and oxygen atoms in total. The van der Waals surface area contributed by atoms with Gasteiger partial charge in [-0.3, -0.25) is 9.59 Å². The summed E-state index contributed by atoms with van der Waals surface area (Å²) >= 11 is 1.62. The fourth-order valence-corrected chi connectivity index (χ4v) is 3.37. The summed E-state index contributed by atoms with van der Waals surface area (Å²) < 4.78 is 5.61. The maximum Gasteiger partial charge on any atom is 0.260 e. The number of nitrogens with zero attached hydrogens (tertiary/aromatic N) is 1. The molecule has 0 unspecified atom stereocenters. The van der Waals surface area contributed by atoms with Crippen LogP contribution in [-0.2, 0) is 17.8 Å². The van der Waals surface area contributed by atoms with Crippen molar-refractivity contribution >= 4 is 23.0 Å². The average Bonchev–Trinajstić information content (AvgIpc) is 3.05. The van der Waals surface area contributed by atoms with E-state index in [0.29, 0.717) is 18.7 Å². The first-order valence-corrected chi connectivity index (χ1v) is 8.62. The molecule has 0 saturated heterocycles. The number of carbonyl (C=O) groups excluding carboxylic acids is 2. The highest BCUT2D eigenvalue weighted by molar-refractivity contribution is 7.07. The molecule has 0 saturated carbocycles. The summed E-state index contributed by atoms with van der Waals surface area (Å²) in [6, 6.07) is 7.48. The Hall–Kier alpha value is -2.14. The molecule has 3 rings (SSSR count). The molecule has 1 aromatic heterocycles. The van der Waals surface area contributed by atoms with Crippen LogP contribution in [0.15, 0.2) is 35.0 Å². The Labute approximate surface area is 139 Å². The van der Waals surface area contributed by atoms with Gasteiger partial charge in [0.25, 0.3) is 5.91 Å². The number of fused-ring (bicyclic) bond motifs is 1. The largest absolute Gasteiger partial charge is 0.484 e. The maximum absolute atomic E-state index is 12.1. The second-order valence-electron chi connectivity index (χ2n) is 5.77. The van der Waals surface area contributed by atoms with E-state index in [0.717, 1.165) is 29.5 Å². The van der Waals surface area contributed by atoms with Crippen LogP contribution in [0.4, 0.5) is 0 Å². The molecule has 0 N–H and O–H groups in total. The fourth-order valence-electron chi connectivity index (χ4n) is 2.71. The monoisotopic (exact) mass is 329 g/mol. The Morgan fingerprint density at radius 2 is 2.17 bits per heavy atom. The number of thiophene rings is 1. The molecule has 0 radical (unpaired) electrons. The van der Waals surface area contributed by atoms with E-state index >= 15 is 0 Å². The van der Waals surface area contributed by atoms with Gasteiger partial charge in [0.05, 0.1) is 0 Å². The van der Waals surface area contributed by atoms with Gasteiger partial charge in [0.1, 0.15) is 5.75 Å². The Kier molecular flexibility index (Phi) is 4.76. The topological polar surface area (TPSA) is 46.6 Å². The number of carbonyl (C=O) groups is 2. The summed E-state index contributed by atoms with van der Waals surface area (Å²) in [5.41, 5.74) is 2.94. The lowest BCUT2D eigenvalue weighted by Gasteiger charge is -2.18. The van der Waals surface area contributed by atoms with Gasteiger partial charge >= 0.3 is 0 Å². The molecule has 0 atom stereocenters. The standard InChI is InChI=1S/C18H19NO3S/c1-19(10-13-7-8-23-12-13)18(21)11-22-15-5-6-16-14(9-15)3-2-4-17(16)20/h5-9,12H,2-4,10-11H2,1H3. The number of hydrogen-bond acceptors (Lipinski definition) is 4. The van der Waals surface area contributed by atoms with Crippen LogP contribution in [0.3, 0.4) is 0 Å². The zero-order valence-electron chi connectivity index (χ0n) is 13.1. The number of rotatable bonds is 5. The van der Waals surface area contributed by atoms with Crippen molar-refractivity contribution in [2.75, 3.05) is 13.7 Å². The number of likely N-dealkylation sites (N-methyl/N-ethyl adjacent to an activating group) is 1. The van der Waals surface area contributed by atoms with E-state index < -0.39 is 0 Å². The van der Waals surface area contributed by atoms with Crippen molar-refractivity contribution in [2.45, 2.75) is 25.8 Å². The lowest BCUT2D eigenvalue weighted by atomic mass is 9.91. The zero-order valence-corrected chi connectivity index (χ0v) is 13.9. The van der Waals surface area contributed by atoms with Gasteiger partial charge in [-0.15, -0.1) is 0 Å². The second-order valence-corrected chi connectivity index (χ2v) is 6.55. The SMILES string of the molecule is CN(Cc1ccsc1)C(=O)COc1ccc2c(c1)CCCC2=O. The first-order valence-electron chi connectivity index (χ1n) is 7.67. The van der Waals surface area contributed by atoms with Crippen molar-refractivity contribution in [1.29, 1.82) is 0 Å². The lowest BCUT2D eigenvalue weighted by Crippen LogP contribution is -2.30. The molecule has 1 amide bonds. The Morgan fingerprint density at radius 1 is 1.30 bits per heavy atom. The number of benzene rings is 1. The molecule has 1 aliphatic carbocycles. The molecular formula is C18H19NO3S. The van der Waals surface area contributed by atoms with Crippen molar-refractivity contribution in [3.8, 4) is 5.75 Å². The molecule has 1 aromatic carbocycles. The summed E-state index contributed by atoms with van der Waals surface area (Å²) in [6.45, 7) is 0.595. The minimum atomic E-state index is -0.0648. The molecule has 0 fully saturated rings. The van der Waals surface area contributed by atoms with E-state index in [4.69, 9.17) is 4.74 Å². The van der Waals surface area contributed by atoms with E-state index in [1.165, 1.54) is 0 Å². The van der Waals surface area contributed by atoms with E-state index in [2.05, 4.69) is 0 Å². The predicted molar refractivity (Wildman–Crippen MR) is 90.0 cm³/mol. The second kappa shape index (κ2) is 6.96. The molecule has 1 heterocycles. The van der Waals surface area contributed by atoms with Crippen LogP contribution in [0, 0.1) is 0 Å². The molecule has 2 aromatic rings. The summed E-state index contributed by atoms with van der Waals surface area (Å²) in [6.07, 6.45) is 2.40. The van der Waals surface area contributed by atoms with Crippen molar-refractivity contribution in [2.24, 2.45) is 0 Å². The first-order chi connectivity index (χ1) is 11.1. The number of hydrogen-bond donors (Lipinski definition) is 0. The fraction of sp³-hybridized carbons (Fsp3) is 0.333. The zero-order chi connectivity index (χ0) is 16.2. The number of aryl methyl sites for hydroxylation is 1. The third kappa shape index (κ3) is 3.79. The van der Waals surface area contributed by atoms with Crippen molar-refractivity contribution in [3.63, 3.8) is 0 Å². The highest BCUT2D eigenvalue weighted by atomic mass is 32.1. The smallest absolute Gasteiger partial charge is 0.260 e. The van der Waals surface area contributed by atoms with Gasteiger partial charge < -0.3 is 9.64 Å². The minimum Gasteiger partial charge on any atom is -0.484 e. The number of ether oxygens (including phenoxy) is 1. The van der Waals surface area contributed by atoms with Crippen molar-refractivity contribution < 1.29 is 14.3 Å². The van der Waals surface area contributed by atoms with Gasteiger partial charge in [0.2, 0.25) is 0 Å². The maximum atomic E-state index is 12.1. The first kappa shape index (κ1) is 15.7. The predicted octanol–water partition coefficient (Wildman–Crippen LogP) is 3.30. The normalized spacial score (nSPS) is 13.5. The van der Waals surface area contributed by atoms with Crippen LogP contribution in [0.25, 0.3) is 0 Å². The van der Waals surface area contributed by atoms with Crippen molar-refractivity contribution in [1.82, 2.24) is 4.90 Å². The van der Waals surface area contributed by atoms with Gasteiger partial charge in [0.15, 0.2) is 12.4 Å². The van der Waals surface area contributed by atoms with Crippen LogP contribution in [-0.4, -0.2) is 30.2 Å². The number of amides is 1. The van der Waals surface area contributed by atoms with E-state index in [1.807, 2.05) is 29.0 Å². The summed E-state index contributed by atoms with van der Waals surface area (Å²) in [5.74, 6) is 0.783. The van der Waals surface area contributed by atoms with Gasteiger partial charge in [0, 0.05) is 25.6 Å². The summed E-state index contributed by atoms with van der Waals surface area (Å²) in [7, 11) is 1.77. The average molecular weight is 329 g/mol. The minimum absolute atomic E-state index is 0.00731. The molecular weight excluding hydrogens is 310 g/mol. The van der Waals surface area contributed by atoms with Crippen molar-refractivity contribution in [3.05, 3.63) is 51.7 Å². The van der Waals surface area contributed by atoms with Crippen LogP contribution in [0.1, 0.15) is 34.3 Å². The Morgan fingerprint density at radius 3 is 2.96 bits per heavy atom. The lowest BCUT2D eigenvalue weighted by molar-refractivity contribution is -0.132. The molecule has 0 aliphatic heterocycles.